The van der Waals surface area contributed by atoms with Gasteiger partial charge in [0.2, 0.25) is 0 Å². The highest BCUT2D eigenvalue weighted by atomic mass is 32.2. The van der Waals surface area contributed by atoms with E-state index in [0.29, 0.717) is 0 Å². The summed E-state index contributed by atoms with van der Waals surface area (Å²) in [6, 6.07) is 9.91. The van der Waals surface area contributed by atoms with E-state index in [2.05, 4.69) is 0 Å². The van der Waals surface area contributed by atoms with Gasteiger partial charge in [0.25, 0.3) is 0 Å². The van der Waals surface area contributed by atoms with Crippen molar-refractivity contribution in [1.82, 2.24) is 0 Å². The molecule has 0 bridgehead atoms. The van der Waals surface area contributed by atoms with Crippen molar-refractivity contribution >= 4 is 11.8 Å². The zero-order valence-corrected chi connectivity index (χ0v) is 9.96. The topological polar surface area (TPSA) is 18.5 Å². The maximum Gasteiger partial charge on any atom is 0.119 e. The lowest BCUT2D eigenvalue weighted by Gasteiger charge is -2.05. The fourth-order valence-corrected chi connectivity index (χ4v) is 1.74. The van der Waals surface area contributed by atoms with E-state index in [1.807, 2.05) is 49.0 Å². The van der Waals surface area contributed by atoms with Crippen molar-refractivity contribution in [2.45, 2.75) is 6.92 Å². The Kier molecular flexibility index (Phi) is 7.13. The molecule has 0 N–H and O–H groups in total. The Morgan fingerprint density at radius 1 is 1.07 bits per heavy atom. The first-order valence-corrected chi connectivity index (χ1v) is 6.42. The Balaban J connectivity index is 1.93. The van der Waals surface area contributed by atoms with Crippen LogP contribution in [0.4, 0.5) is 0 Å². The number of hydrogen-bond donors (Lipinski definition) is 0. The Labute approximate surface area is 96.0 Å². The monoisotopic (exact) mass is 226 g/mol. The standard InChI is InChI=1S/C12H18O2S/c1-2-13-8-10-15-11-9-14-12-6-4-3-5-7-12/h3-7H,2,8-11H2,1H3. The van der Waals surface area contributed by atoms with E-state index in [9.17, 15) is 0 Å². The summed E-state index contributed by atoms with van der Waals surface area (Å²) < 4.78 is 10.8. The zero-order valence-electron chi connectivity index (χ0n) is 9.15. The van der Waals surface area contributed by atoms with Gasteiger partial charge in [-0.1, -0.05) is 18.2 Å². The number of para-hydroxylation sites is 1. The Morgan fingerprint density at radius 3 is 2.53 bits per heavy atom. The van der Waals surface area contributed by atoms with Crippen molar-refractivity contribution in [3.63, 3.8) is 0 Å². The second-order valence-corrected chi connectivity index (χ2v) is 4.20. The van der Waals surface area contributed by atoms with Crippen LogP contribution >= 0.6 is 11.8 Å². The molecule has 0 spiro atoms. The van der Waals surface area contributed by atoms with Crippen LogP contribution in [0, 0.1) is 0 Å². The third-order valence-electron chi connectivity index (χ3n) is 1.82. The molecule has 0 amide bonds. The third-order valence-corrected chi connectivity index (χ3v) is 2.73. The molecule has 0 unspecified atom stereocenters. The van der Waals surface area contributed by atoms with Crippen LogP contribution < -0.4 is 4.74 Å². The maximum absolute atomic E-state index is 5.55. The number of ether oxygens (including phenoxy) is 2. The molecule has 84 valence electrons. The fraction of sp³-hybridized carbons (Fsp3) is 0.500. The molecule has 1 aromatic carbocycles. The van der Waals surface area contributed by atoms with Crippen molar-refractivity contribution in [2.75, 3.05) is 31.3 Å². The van der Waals surface area contributed by atoms with Gasteiger partial charge in [-0.15, -0.1) is 0 Å². The number of thioether (sulfide) groups is 1. The molecule has 0 atom stereocenters. The molecule has 3 heteroatoms. The van der Waals surface area contributed by atoms with Gasteiger partial charge in [-0.3, -0.25) is 0 Å². The van der Waals surface area contributed by atoms with Gasteiger partial charge in [0, 0.05) is 18.1 Å². The minimum atomic E-state index is 0.765. The van der Waals surface area contributed by atoms with E-state index in [4.69, 9.17) is 9.47 Å². The van der Waals surface area contributed by atoms with Crippen LogP contribution in [0.15, 0.2) is 30.3 Å². The fourth-order valence-electron chi connectivity index (χ4n) is 1.10. The van der Waals surface area contributed by atoms with E-state index in [-0.39, 0.29) is 0 Å². The predicted octanol–water partition coefficient (Wildman–Crippen LogP) is 2.84. The minimum absolute atomic E-state index is 0.765. The molecule has 0 heterocycles. The summed E-state index contributed by atoms with van der Waals surface area (Å²) in [5.74, 6) is 3.01. The first-order valence-electron chi connectivity index (χ1n) is 5.27. The summed E-state index contributed by atoms with van der Waals surface area (Å²) in [7, 11) is 0. The zero-order chi connectivity index (χ0) is 10.8. The maximum atomic E-state index is 5.55. The number of benzene rings is 1. The van der Waals surface area contributed by atoms with E-state index >= 15 is 0 Å². The molecule has 0 fully saturated rings. The smallest absolute Gasteiger partial charge is 0.119 e. The lowest BCUT2D eigenvalue weighted by Crippen LogP contribution is -2.03. The number of rotatable bonds is 8. The second kappa shape index (κ2) is 8.62. The number of hydrogen-bond acceptors (Lipinski definition) is 3. The average Bonchev–Trinajstić information content (AvgIpc) is 2.29. The van der Waals surface area contributed by atoms with Crippen LogP contribution in [-0.4, -0.2) is 31.3 Å². The third kappa shape index (κ3) is 6.42. The lowest BCUT2D eigenvalue weighted by atomic mass is 10.3. The molecule has 0 aromatic heterocycles. The SMILES string of the molecule is CCOCCSCCOc1ccccc1. The molecule has 15 heavy (non-hydrogen) atoms. The molecule has 2 nitrogen and oxygen atoms in total. The van der Waals surface area contributed by atoms with E-state index < -0.39 is 0 Å². The molecule has 0 saturated carbocycles. The molecule has 1 rings (SSSR count). The van der Waals surface area contributed by atoms with Gasteiger partial charge in [-0.2, -0.15) is 11.8 Å². The second-order valence-electron chi connectivity index (χ2n) is 2.97. The first kappa shape index (κ1) is 12.4. The van der Waals surface area contributed by atoms with E-state index in [1.54, 1.807) is 0 Å². The highest BCUT2D eigenvalue weighted by Gasteiger charge is 1.92. The van der Waals surface area contributed by atoms with E-state index in [1.165, 1.54) is 0 Å². The van der Waals surface area contributed by atoms with Crippen molar-refractivity contribution in [3.8, 4) is 5.75 Å². The van der Waals surface area contributed by atoms with Crippen LogP contribution in [0.1, 0.15) is 6.92 Å². The van der Waals surface area contributed by atoms with Gasteiger partial charge in [0.05, 0.1) is 13.2 Å². The summed E-state index contributed by atoms with van der Waals surface area (Å²) in [6.45, 7) is 4.43. The highest BCUT2D eigenvalue weighted by Crippen LogP contribution is 2.09. The van der Waals surface area contributed by atoms with Gasteiger partial charge >= 0.3 is 0 Å². The Hall–Kier alpha value is -0.670. The van der Waals surface area contributed by atoms with Crippen LogP contribution in [0.2, 0.25) is 0 Å². The highest BCUT2D eigenvalue weighted by molar-refractivity contribution is 7.99. The molecule has 0 radical (unpaired) electrons. The van der Waals surface area contributed by atoms with Crippen LogP contribution in [0.25, 0.3) is 0 Å². The summed E-state index contributed by atoms with van der Waals surface area (Å²) in [4.78, 5) is 0. The predicted molar refractivity (Wildman–Crippen MR) is 65.8 cm³/mol. The van der Waals surface area contributed by atoms with Crippen molar-refractivity contribution in [3.05, 3.63) is 30.3 Å². The van der Waals surface area contributed by atoms with Gasteiger partial charge in [0.1, 0.15) is 5.75 Å². The van der Waals surface area contributed by atoms with Crippen LogP contribution in [0.3, 0.4) is 0 Å². The van der Waals surface area contributed by atoms with Gasteiger partial charge in [0.15, 0.2) is 0 Å². The first-order chi connectivity index (χ1) is 7.43. The largest absolute Gasteiger partial charge is 0.493 e. The summed E-state index contributed by atoms with van der Waals surface area (Å²) >= 11 is 1.86. The van der Waals surface area contributed by atoms with Crippen LogP contribution in [0.5, 0.6) is 5.75 Å². The van der Waals surface area contributed by atoms with Crippen molar-refractivity contribution in [2.24, 2.45) is 0 Å². The normalized spacial score (nSPS) is 10.2. The summed E-state index contributed by atoms with van der Waals surface area (Å²) in [5, 5.41) is 0. The molecule has 1 aromatic rings. The summed E-state index contributed by atoms with van der Waals surface area (Å²) in [5.41, 5.74) is 0. The van der Waals surface area contributed by atoms with Gasteiger partial charge in [-0.05, 0) is 19.1 Å². The molecule has 0 aliphatic heterocycles. The van der Waals surface area contributed by atoms with Gasteiger partial charge in [-0.25, -0.2) is 0 Å². The molecule has 0 aliphatic carbocycles. The average molecular weight is 226 g/mol. The lowest BCUT2D eigenvalue weighted by molar-refractivity contribution is 0.164. The van der Waals surface area contributed by atoms with Crippen molar-refractivity contribution < 1.29 is 9.47 Å². The molecular weight excluding hydrogens is 208 g/mol. The van der Waals surface area contributed by atoms with Gasteiger partial charge < -0.3 is 9.47 Å². The van der Waals surface area contributed by atoms with Crippen LogP contribution in [-0.2, 0) is 4.74 Å². The molecule has 0 aliphatic rings. The minimum Gasteiger partial charge on any atom is -0.493 e. The summed E-state index contributed by atoms with van der Waals surface area (Å²) in [6.07, 6.45) is 0. The Bertz CT molecular complexity index is 239. The van der Waals surface area contributed by atoms with E-state index in [0.717, 1.165) is 37.1 Å². The van der Waals surface area contributed by atoms with Crippen molar-refractivity contribution in [1.29, 1.82) is 0 Å². The quantitative estimate of drug-likeness (QED) is 0.635. The molecular formula is C12H18O2S. The molecule has 0 saturated heterocycles. The Morgan fingerprint density at radius 2 is 1.80 bits per heavy atom.